The zero-order chi connectivity index (χ0) is 23.4. The molecule has 0 atom stereocenters. The van der Waals surface area contributed by atoms with Gasteiger partial charge < -0.3 is 14.6 Å². The number of hydrogen-bond acceptors (Lipinski definition) is 4. The molecule has 2 heterocycles. The summed E-state index contributed by atoms with van der Waals surface area (Å²) >= 11 is 0. The van der Waals surface area contributed by atoms with Gasteiger partial charge in [-0.3, -0.25) is 4.79 Å². The fraction of sp³-hybridized carbons (Fsp3) is 0.269. The second-order valence-corrected chi connectivity index (χ2v) is 9.04. The van der Waals surface area contributed by atoms with Crippen LogP contribution < -0.4 is 10.1 Å². The monoisotopic (exact) mass is 443 g/mol. The van der Waals surface area contributed by atoms with Crippen LogP contribution in [0.3, 0.4) is 0 Å². The number of carbonyl (C=O) groups is 1. The third-order valence-electron chi connectivity index (χ3n) is 5.52. The summed E-state index contributed by atoms with van der Waals surface area (Å²) in [4.78, 5) is 17.0. The molecule has 170 valence electrons. The minimum absolute atomic E-state index is 0.113. The largest absolute Gasteiger partial charge is 0.486 e. The van der Waals surface area contributed by atoms with E-state index in [9.17, 15) is 4.79 Å². The summed E-state index contributed by atoms with van der Waals surface area (Å²) in [6.45, 7) is 7.53. The molecule has 7 heteroatoms. The molecule has 0 fully saturated rings. The lowest BCUT2D eigenvalue weighted by Gasteiger charge is -2.19. The van der Waals surface area contributed by atoms with E-state index in [0.29, 0.717) is 30.3 Å². The molecule has 0 aliphatic heterocycles. The molecule has 2 aromatic heterocycles. The Morgan fingerprint density at radius 3 is 2.36 bits per heavy atom. The molecule has 0 saturated heterocycles. The Morgan fingerprint density at radius 1 is 1.00 bits per heavy atom. The summed E-state index contributed by atoms with van der Waals surface area (Å²) in [5, 5.41) is 7.32. The van der Waals surface area contributed by atoms with Crippen LogP contribution in [-0.2, 0) is 25.6 Å². The minimum atomic E-state index is -0.199. The molecule has 1 amide bonds. The highest BCUT2D eigenvalue weighted by atomic mass is 16.5. The highest BCUT2D eigenvalue weighted by molar-refractivity contribution is 6.03. The number of anilines is 1. The predicted octanol–water partition coefficient (Wildman–Crippen LogP) is 4.79. The molecule has 0 bridgehead atoms. The summed E-state index contributed by atoms with van der Waals surface area (Å²) in [5.41, 5.74) is 3.06. The van der Waals surface area contributed by atoms with Crippen LogP contribution in [0.25, 0.3) is 0 Å². The smallest absolute Gasteiger partial charge is 0.256 e. The number of aromatic nitrogens is 4. The summed E-state index contributed by atoms with van der Waals surface area (Å²) in [6.07, 6.45) is 5.29. The molecule has 0 saturated carbocycles. The first kappa shape index (κ1) is 22.3. The van der Waals surface area contributed by atoms with E-state index in [1.165, 1.54) is 5.56 Å². The van der Waals surface area contributed by atoms with Crippen LogP contribution in [0.4, 0.5) is 5.82 Å². The third kappa shape index (κ3) is 5.49. The van der Waals surface area contributed by atoms with Gasteiger partial charge in [-0.05, 0) is 40.8 Å². The van der Waals surface area contributed by atoms with Crippen molar-refractivity contribution in [3.8, 4) is 5.75 Å². The molecule has 0 spiro atoms. The van der Waals surface area contributed by atoms with Crippen LogP contribution >= 0.6 is 0 Å². The Hall–Kier alpha value is -3.87. The van der Waals surface area contributed by atoms with Crippen molar-refractivity contribution >= 4 is 11.7 Å². The number of amides is 1. The standard InChI is InChI=1S/C26H29N5O2/c1-26(2,3)21-9-5-19(6-10-21)17-31-23(13-14-28-31)29-25(32)20-7-11-22(12-8-20)33-18-24-27-15-16-30(24)4/h5-16H,17-18H2,1-4H3,(H,29,32). The highest BCUT2D eigenvalue weighted by Crippen LogP contribution is 2.23. The molecular weight excluding hydrogens is 414 g/mol. The summed E-state index contributed by atoms with van der Waals surface area (Å²) in [6, 6.07) is 17.4. The zero-order valence-electron chi connectivity index (χ0n) is 19.4. The van der Waals surface area contributed by atoms with Gasteiger partial charge in [0.05, 0.1) is 12.7 Å². The van der Waals surface area contributed by atoms with Crippen molar-refractivity contribution < 1.29 is 9.53 Å². The Kier molecular flexibility index (Phi) is 6.31. The topological polar surface area (TPSA) is 74.0 Å². The van der Waals surface area contributed by atoms with E-state index in [4.69, 9.17) is 4.74 Å². The van der Waals surface area contributed by atoms with E-state index < -0.39 is 0 Å². The molecule has 0 unspecified atom stereocenters. The zero-order valence-corrected chi connectivity index (χ0v) is 19.4. The fourth-order valence-electron chi connectivity index (χ4n) is 3.42. The number of hydrogen-bond donors (Lipinski definition) is 1. The lowest BCUT2D eigenvalue weighted by Crippen LogP contribution is -2.16. The molecule has 0 aliphatic carbocycles. The van der Waals surface area contributed by atoms with Gasteiger partial charge in [-0.1, -0.05) is 45.0 Å². The maximum atomic E-state index is 12.8. The Morgan fingerprint density at radius 2 is 1.73 bits per heavy atom. The summed E-state index contributed by atoms with van der Waals surface area (Å²) < 4.78 is 9.45. The molecule has 2 aromatic carbocycles. The number of rotatable bonds is 7. The van der Waals surface area contributed by atoms with Crippen molar-refractivity contribution in [1.29, 1.82) is 0 Å². The predicted molar refractivity (Wildman–Crippen MR) is 128 cm³/mol. The van der Waals surface area contributed by atoms with Crippen LogP contribution in [0.2, 0.25) is 0 Å². The maximum Gasteiger partial charge on any atom is 0.256 e. The van der Waals surface area contributed by atoms with Crippen molar-refractivity contribution in [2.24, 2.45) is 7.05 Å². The number of nitrogens with zero attached hydrogens (tertiary/aromatic N) is 4. The van der Waals surface area contributed by atoms with E-state index in [-0.39, 0.29) is 11.3 Å². The first-order chi connectivity index (χ1) is 15.8. The normalized spacial score (nSPS) is 11.4. The summed E-state index contributed by atoms with van der Waals surface area (Å²) in [5.74, 6) is 1.96. The highest BCUT2D eigenvalue weighted by Gasteiger charge is 2.14. The van der Waals surface area contributed by atoms with Gasteiger partial charge in [-0.15, -0.1) is 0 Å². The van der Waals surface area contributed by atoms with Crippen LogP contribution in [0.1, 0.15) is 48.1 Å². The average molecular weight is 444 g/mol. The molecule has 0 aliphatic rings. The van der Waals surface area contributed by atoms with Crippen LogP contribution in [0, 0.1) is 0 Å². The van der Waals surface area contributed by atoms with Crippen molar-refractivity contribution in [2.45, 2.75) is 39.3 Å². The number of carbonyl (C=O) groups excluding carboxylic acids is 1. The van der Waals surface area contributed by atoms with Crippen LogP contribution in [-0.4, -0.2) is 25.2 Å². The Balaban J connectivity index is 1.37. The van der Waals surface area contributed by atoms with Gasteiger partial charge in [0, 0.05) is 31.1 Å². The van der Waals surface area contributed by atoms with Gasteiger partial charge in [-0.2, -0.15) is 5.10 Å². The lowest BCUT2D eigenvalue weighted by molar-refractivity contribution is 0.102. The Bertz CT molecular complexity index is 1210. The van der Waals surface area contributed by atoms with Crippen LogP contribution in [0.15, 0.2) is 73.2 Å². The number of ether oxygens (including phenoxy) is 1. The number of aryl methyl sites for hydroxylation is 1. The molecule has 4 aromatic rings. The maximum absolute atomic E-state index is 12.8. The quantitative estimate of drug-likeness (QED) is 0.446. The van der Waals surface area contributed by atoms with E-state index in [1.807, 2.05) is 17.8 Å². The van der Waals surface area contributed by atoms with Crippen molar-refractivity contribution in [3.05, 3.63) is 95.7 Å². The Labute approximate surface area is 194 Å². The number of nitrogens with one attached hydrogen (secondary N) is 1. The first-order valence-corrected chi connectivity index (χ1v) is 10.9. The molecule has 4 rings (SSSR count). The van der Waals surface area contributed by atoms with Crippen molar-refractivity contribution in [2.75, 3.05) is 5.32 Å². The van der Waals surface area contributed by atoms with Gasteiger partial charge in [0.1, 0.15) is 24.0 Å². The molecule has 7 nitrogen and oxygen atoms in total. The van der Waals surface area contributed by atoms with Gasteiger partial charge in [-0.25, -0.2) is 9.67 Å². The minimum Gasteiger partial charge on any atom is -0.486 e. The van der Waals surface area contributed by atoms with Gasteiger partial charge in [0.25, 0.3) is 5.91 Å². The average Bonchev–Trinajstić information content (AvgIpc) is 3.40. The van der Waals surface area contributed by atoms with E-state index >= 15 is 0 Å². The molecule has 0 radical (unpaired) electrons. The van der Waals surface area contributed by atoms with Gasteiger partial charge in [0.2, 0.25) is 0 Å². The third-order valence-corrected chi connectivity index (χ3v) is 5.52. The lowest BCUT2D eigenvalue weighted by atomic mass is 9.87. The number of benzene rings is 2. The van der Waals surface area contributed by atoms with Gasteiger partial charge in [0.15, 0.2) is 0 Å². The molecule has 33 heavy (non-hydrogen) atoms. The molecule has 1 N–H and O–H groups in total. The van der Waals surface area contributed by atoms with Crippen molar-refractivity contribution in [3.63, 3.8) is 0 Å². The number of imidazole rings is 1. The van der Waals surface area contributed by atoms with E-state index in [0.717, 1.165) is 11.4 Å². The van der Waals surface area contributed by atoms with Crippen LogP contribution in [0.5, 0.6) is 5.75 Å². The second kappa shape index (κ2) is 9.32. The van der Waals surface area contributed by atoms with E-state index in [2.05, 4.69) is 60.4 Å². The SMILES string of the molecule is Cn1ccnc1COc1ccc(C(=O)Nc2ccnn2Cc2ccc(C(C)(C)C)cc2)cc1. The second-order valence-electron chi connectivity index (χ2n) is 9.04. The van der Waals surface area contributed by atoms with Gasteiger partial charge >= 0.3 is 0 Å². The summed E-state index contributed by atoms with van der Waals surface area (Å²) in [7, 11) is 1.92. The van der Waals surface area contributed by atoms with Crippen molar-refractivity contribution in [1.82, 2.24) is 19.3 Å². The van der Waals surface area contributed by atoms with E-state index in [1.54, 1.807) is 47.4 Å². The molecular formula is C26H29N5O2. The fourth-order valence-corrected chi connectivity index (χ4v) is 3.42. The first-order valence-electron chi connectivity index (χ1n) is 10.9.